The van der Waals surface area contributed by atoms with Crippen LogP contribution in [0.2, 0.25) is 5.02 Å². The van der Waals surface area contributed by atoms with Gasteiger partial charge in [-0.25, -0.2) is 4.79 Å². The Kier molecular flexibility index (Phi) is 5.63. The summed E-state index contributed by atoms with van der Waals surface area (Å²) in [6.45, 7) is 2.70. The van der Waals surface area contributed by atoms with Crippen molar-refractivity contribution in [3.05, 3.63) is 52.0 Å². The van der Waals surface area contributed by atoms with Crippen LogP contribution in [0, 0.1) is 18.3 Å². The van der Waals surface area contributed by atoms with Crippen LogP contribution in [0.5, 0.6) is 17.2 Å². The first-order chi connectivity index (χ1) is 12.1. The van der Waals surface area contributed by atoms with Gasteiger partial charge in [0.25, 0.3) is 0 Å². The van der Waals surface area contributed by atoms with E-state index < -0.39 is 17.7 Å². The van der Waals surface area contributed by atoms with E-state index in [4.69, 9.17) is 26.5 Å². The van der Waals surface area contributed by atoms with Crippen molar-refractivity contribution in [1.29, 1.82) is 5.26 Å². The molecule has 26 heavy (non-hydrogen) atoms. The molecule has 0 bridgehead atoms. The molecule has 0 aliphatic carbocycles. The molecular formula is C17H11ClF3NO4. The van der Waals surface area contributed by atoms with E-state index in [2.05, 4.69) is 4.89 Å². The van der Waals surface area contributed by atoms with E-state index in [9.17, 15) is 18.0 Å². The fourth-order valence-corrected chi connectivity index (χ4v) is 2.20. The maximum absolute atomic E-state index is 12.7. The Morgan fingerprint density at radius 1 is 1.19 bits per heavy atom. The lowest BCUT2D eigenvalue weighted by molar-refractivity contribution is -0.211. The first-order valence-electron chi connectivity index (χ1n) is 7.06. The maximum Gasteiger partial charge on any atom is 0.416 e. The molecule has 0 radical (unpaired) electrons. The number of halogens is 4. The zero-order valence-corrected chi connectivity index (χ0v) is 14.2. The predicted molar refractivity (Wildman–Crippen MR) is 84.8 cm³/mol. The number of ether oxygens (including phenoxy) is 1. The normalized spacial score (nSPS) is 10.8. The number of aryl methyl sites for hydroxylation is 1. The highest BCUT2D eigenvalue weighted by atomic mass is 35.5. The summed E-state index contributed by atoms with van der Waals surface area (Å²) in [6, 6.07) is 7.25. The molecular weight excluding hydrogens is 375 g/mol. The molecule has 0 saturated heterocycles. The molecule has 2 aromatic rings. The van der Waals surface area contributed by atoms with E-state index in [-0.39, 0.29) is 27.8 Å². The highest BCUT2D eigenvalue weighted by molar-refractivity contribution is 6.32. The van der Waals surface area contributed by atoms with Crippen molar-refractivity contribution in [2.24, 2.45) is 0 Å². The summed E-state index contributed by atoms with van der Waals surface area (Å²) in [5, 5.41) is 8.91. The van der Waals surface area contributed by atoms with Crippen molar-refractivity contribution in [3.8, 4) is 23.3 Å². The van der Waals surface area contributed by atoms with Crippen molar-refractivity contribution < 1.29 is 32.5 Å². The van der Waals surface area contributed by atoms with E-state index in [0.717, 1.165) is 25.1 Å². The van der Waals surface area contributed by atoms with Gasteiger partial charge in [0.05, 0.1) is 10.6 Å². The lowest BCUT2D eigenvalue weighted by Crippen LogP contribution is -2.05. The summed E-state index contributed by atoms with van der Waals surface area (Å²) < 4.78 is 43.5. The third kappa shape index (κ3) is 4.58. The van der Waals surface area contributed by atoms with Gasteiger partial charge in [-0.2, -0.15) is 18.4 Å². The summed E-state index contributed by atoms with van der Waals surface area (Å²) in [6.07, 6.45) is -4.53. The standard InChI is InChI=1S/C17H11ClF3NO4/c1-9-5-12(7-16(13(9)8-22)26-25-10(2)23)24-15-4-3-11(6-14(15)18)17(19,20)21/h3-7H,1-2H3. The lowest BCUT2D eigenvalue weighted by atomic mass is 10.1. The average Bonchev–Trinajstić information content (AvgIpc) is 2.53. The minimum Gasteiger partial charge on any atom is -0.456 e. The van der Waals surface area contributed by atoms with Crippen LogP contribution in [0.3, 0.4) is 0 Å². The van der Waals surface area contributed by atoms with Gasteiger partial charge in [-0.3, -0.25) is 9.78 Å². The highest BCUT2D eigenvalue weighted by Crippen LogP contribution is 2.38. The van der Waals surface area contributed by atoms with Gasteiger partial charge >= 0.3 is 12.1 Å². The second kappa shape index (κ2) is 7.54. The second-order valence-electron chi connectivity index (χ2n) is 5.13. The molecule has 0 atom stereocenters. The number of nitrogens with zero attached hydrogens (tertiary/aromatic N) is 1. The molecule has 0 N–H and O–H groups in total. The molecule has 0 saturated carbocycles. The summed E-state index contributed by atoms with van der Waals surface area (Å²) >= 11 is 5.85. The zero-order chi connectivity index (χ0) is 19.5. The molecule has 0 aliphatic rings. The van der Waals surface area contributed by atoms with E-state index >= 15 is 0 Å². The largest absolute Gasteiger partial charge is 0.456 e. The molecule has 0 spiro atoms. The molecule has 0 heterocycles. The predicted octanol–water partition coefficient (Wildman–Crippen LogP) is 5.19. The second-order valence-corrected chi connectivity index (χ2v) is 5.54. The molecule has 0 fully saturated rings. The van der Waals surface area contributed by atoms with Gasteiger partial charge in [-0.15, -0.1) is 0 Å². The number of hydrogen-bond acceptors (Lipinski definition) is 5. The zero-order valence-electron chi connectivity index (χ0n) is 13.5. The summed E-state index contributed by atoms with van der Waals surface area (Å²) in [4.78, 5) is 20.1. The quantitative estimate of drug-likeness (QED) is 0.535. The molecule has 9 heteroatoms. The lowest BCUT2D eigenvalue weighted by Gasteiger charge is -2.13. The summed E-state index contributed by atoms with van der Waals surface area (Å²) in [5.74, 6) is -0.711. The van der Waals surface area contributed by atoms with Crippen molar-refractivity contribution >= 4 is 17.6 Å². The Morgan fingerprint density at radius 2 is 1.88 bits per heavy atom. The van der Waals surface area contributed by atoms with Crippen LogP contribution in [0.4, 0.5) is 13.2 Å². The van der Waals surface area contributed by atoms with Crippen LogP contribution in [-0.2, 0) is 15.9 Å². The molecule has 0 aliphatic heterocycles. The van der Waals surface area contributed by atoms with Crippen LogP contribution in [0.15, 0.2) is 30.3 Å². The SMILES string of the molecule is CC(=O)OOc1cc(Oc2ccc(C(F)(F)F)cc2Cl)cc(C)c1C#N. The van der Waals surface area contributed by atoms with Crippen LogP contribution in [-0.4, -0.2) is 5.97 Å². The van der Waals surface area contributed by atoms with Crippen molar-refractivity contribution in [3.63, 3.8) is 0 Å². The van der Waals surface area contributed by atoms with Crippen LogP contribution in [0.25, 0.3) is 0 Å². The number of alkyl halides is 3. The third-order valence-corrected chi connectivity index (χ3v) is 3.42. The van der Waals surface area contributed by atoms with E-state index in [1.807, 2.05) is 6.07 Å². The number of rotatable bonds is 4. The van der Waals surface area contributed by atoms with Gasteiger partial charge in [0.1, 0.15) is 23.1 Å². The highest BCUT2D eigenvalue weighted by Gasteiger charge is 2.31. The fraction of sp³-hybridized carbons (Fsp3) is 0.176. The van der Waals surface area contributed by atoms with Gasteiger partial charge in [-0.05, 0) is 36.8 Å². The Labute approximate surface area is 151 Å². The van der Waals surface area contributed by atoms with Crippen LogP contribution < -0.4 is 9.62 Å². The number of benzene rings is 2. The van der Waals surface area contributed by atoms with E-state index in [1.54, 1.807) is 6.92 Å². The van der Waals surface area contributed by atoms with Gasteiger partial charge in [0.2, 0.25) is 0 Å². The number of hydrogen-bond donors (Lipinski definition) is 0. The Morgan fingerprint density at radius 3 is 2.42 bits per heavy atom. The van der Waals surface area contributed by atoms with Crippen LogP contribution in [0.1, 0.15) is 23.6 Å². The van der Waals surface area contributed by atoms with Crippen molar-refractivity contribution in [1.82, 2.24) is 0 Å². The topological polar surface area (TPSA) is 68.6 Å². The third-order valence-electron chi connectivity index (χ3n) is 3.12. The number of nitriles is 1. The van der Waals surface area contributed by atoms with Crippen LogP contribution >= 0.6 is 11.6 Å². The Hall–Kier alpha value is -2.92. The van der Waals surface area contributed by atoms with Gasteiger partial charge in [0, 0.05) is 13.0 Å². The monoisotopic (exact) mass is 385 g/mol. The van der Waals surface area contributed by atoms with Gasteiger partial charge in [0.15, 0.2) is 5.75 Å². The smallest absolute Gasteiger partial charge is 0.416 e. The molecule has 0 aromatic heterocycles. The maximum atomic E-state index is 12.7. The Bertz CT molecular complexity index is 891. The molecule has 2 aromatic carbocycles. The Balaban J connectivity index is 2.35. The average molecular weight is 386 g/mol. The van der Waals surface area contributed by atoms with Crippen molar-refractivity contribution in [2.75, 3.05) is 0 Å². The molecule has 2 rings (SSSR count). The van der Waals surface area contributed by atoms with Gasteiger partial charge < -0.3 is 4.74 Å². The first kappa shape index (κ1) is 19.4. The van der Waals surface area contributed by atoms with E-state index in [1.165, 1.54) is 12.1 Å². The molecule has 0 unspecified atom stereocenters. The summed E-state index contributed by atoms with van der Waals surface area (Å²) in [7, 11) is 0. The number of carbonyl (C=O) groups excluding carboxylic acids is 1. The molecule has 5 nitrogen and oxygen atoms in total. The minimum absolute atomic E-state index is 0.0257. The van der Waals surface area contributed by atoms with E-state index in [0.29, 0.717) is 5.56 Å². The fourth-order valence-electron chi connectivity index (χ4n) is 1.98. The minimum atomic E-state index is -4.53. The number of carbonyl (C=O) groups is 1. The summed E-state index contributed by atoms with van der Waals surface area (Å²) in [5.41, 5.74) is -0.364. The van der Waals surface area contributed by atoms with Gasteiger partial charge in [-0.1, -0.05) is 11.6 Å². The first-order valence-corrected chi connectivity index (χ1v) is 7.44. The molecule has 136 valence electrons. The van der Waals surface area contributed by atoms with Crippen molar-refractivity contribution in [2.45, 2.75) is 20.0 Å². The molecule has 0 amide bonds.